The molecule has 2 heterocycles. The molecule has 2 N–H and O–H groups in total. The van der Waals surface area contributed by atoms with Crippen LogP contribution in [0, 0.1) is 0 Å². The quantitative estimate of drug-likeness (QED) is 0.928. The molecule has 0 aromatic carbocycles. The van der Waals surface area contributed by atoms with Crippen LogP contribution in [0.3, 0.4) is 0 Å². The molecule has 5 nitrogen and oxygen atoms in total. The van der Waals surface area contributed by atoms with Crippen molar-refractivity contribution in [3.63, 3.8) is 0 Å². The van der Waals surface area contributed by atoms with Crippen molar-refractivity contribution in [2.45, 2.75) is 52.0 Å². The summed E-state index contributed by atoms with van der Waals surface area (Å²) in [7, 11) is 1.99. The number of amides is 1. The molecule has 1 unspecified atom stereocenters. The standard InChI is InChI=1S/C15H26N4OS/c1-4-9-18(3)15-17-13(16)12(21-15)14(20)19-10-7-5-6-8-11(19)2/h11H,4-10,16H2,1-3H3. The molecule has 1 aliphatic heterocycles. The van der Waals surface area contributed by atoms with Gasteiger partial charge in [-0.1, -0.05) is 31.1 Å². The van der Waals surface area contributed by atoms with Gasteiger partial charge in [0.1, 0.15) is 10.7 Å². The van der Waals surface area contributed by atoms with Gasteiger partial charge in [0.2, 0.25) is 0 Å². The first-order valence-electron chi connectivity index (χ1n) is 7.83. The van der Waals surface area contributed by atoms with Gasteiger partial charge in [0.25, 0.3) is 5.91 Å². The molecule has 118 valence electrons. The first-order valence-corrected chi connectivity index (χ1v) is 8.64. The van der Waals surface area contributed by atoms with Crippen molar-refractivity contribution >= 4 is 28.2 Å². The summed E-state index contributed by atoms with van der Waals surface area (Å²) >= 11 is 1.42. The predicted octanol–water partition coefficient (Wildman–Crippen LogP) is 2.98. The van der Waals surface area contributed by atoms with E-state index in [0.29, 0.717) is 16.7 Å². The number of carbonyl (C=O) groups is 1. The van der Waals surface area contributed by atoms with E-state index in [0.717, 1.165) is 37.5 Å². The first-order chi connectivity index (χ1) is 10.0. The molecule has 21 heavy (non-hydrogen) atoms. The van der Waals surface area contributed by atoms with Crippen molar-refractivity contribution in [1.29, 1.82) is 0 Å². The van der Waals surface area contributed by atoms with Crippen molar-refractivity contribution < 1.29 is 4.79 Å². The molecule has 0 radical (unpaired) electrons. The second kappa shape index (κ2) is 7.11. The Balaban J connectivity index is 2.18. The van der Waals surface area contributed by atoms with E-state index in [1.165, 1.54) is 24.2 Å². The van der Waals surface area contributed by atoms with E-state index < -0.39 is 0 Å². The zero-order chi connectivity index (χ0) is 15.4. The molecule has 1 aromatic rings. The van der Waals surface area contributed by atoms with E-state index in [-0.39, 0.29) is 5.91 Å². The molecule has 1 saturated heterocycles. The van der Waals surface area contributed by atoms with Crippen molar-refractivity contribution in [3.05, 3.63) is 4.88 Å². The van der Waals surface area contributed by atoms with Crippen molar-refractivity contribution in [3.8, 4) is 0 Å². The maximum absolute atomic E-state index is 12.8. The highest BCUT2D eigenvalue weighted by molar-refractivity contribution is 7.18. The molecule has 6 heteroatoms. The lowest BCUT2D eigenvalue weighted by Crippen LogP contribution is -2.38. The molecule has 0 aliphatic carbocycles. The van der Waals surface area contributed by atoms with Crippen LogP contribution in [-0.2, 0) is 0 Å². The minimum absolute atomic E-state index is 0.0514. The van der Waals surface area contributed by atoms with Gasteiger partial charge in [-0.05, 0) is 26.2 Å². The van der Waals surface area contributed by atoms with Crippen LogP contribution in [-0.4, -0.2) is 42.0 Å². The number of aromatic nitrogens is 1. The number of hydrogen-bond acceptors (Lipinski definition) is 5. The van der Waals surface area contributed by atoms with Crippen LogP contribution in [0.5, 0.6) is 0 Å². The van der Waals surface area contributed by atoms with Crippen LogP contribution in [0.1, 0.15) is 55.6 Å². The van der Waals surface area contributed by atoms with Crippen LogP contribution in [0.25, 0.3) is 0 Å². The topological polar surface area (TPSA) is 62.5 Å². The lowest BCUT2D eigenvalue weighted by atomic mass is 10.1. The number of rotatable bonds is 4. The fraction of sp³-hybridized carbons (Fsp3) is 0.733. The van der Waals surface area contributed by atoms with Crippen LogP contribution < -0.4 is 10.6 Å². The largest absolute Gasteiger partial charge is 0.382 e. The Morgan fingerprint density at radius 1 is 1.48 bits per heavy atom. The second-order valence-corrected chi connectivity index (χ2v) is 6.81. The van der Waals surface area contributed by atoms with Crippen molar-refractivity contribution in [1.82, 2.24) is 9.88 Å². The van der Waals surface area contributed by atoms with Crippen molar-refractivity contribution in [2.75, 3.05) is 30.8 Å². The van der Waals surface area contributed by atoms with Crippen LogP contribution in [0.4, 0.5) is 10.9 Å². The molecular weight excluding hydrogens is 284 g/mol. The molecule has 0 saturated carbocycles. The summed E-state index contributed by atoms with van der Waals surface area (Å²) in [4.78, 5) is 21.8. The van der Waals surface area contributed by atoms with Gasteiger partial charge < -0.3 is 15.5 Å². The molecule has 1 amide bonds. The maximum atomic E-state index is 12.8. The average molecular weight is 310 g/mol. The van der Waals surface area contributed by atoms with Gasteiger partial charge in [0.15, 0.2) is 5.13 Å². The number of nitrogens with zero attached hydrogens (tertiary/aromatic N) is 3. The normalized spacial score (nSPS) is 19.4. The Hall–Kier alpha value is -1.30. The number of nitrogen functional groups attached to an aromatic ring is 1. The van der Waals surface area contributed by atoms with Gasteiger partial charge in [-0.3, -0.25) is 4.79 Å². The maximum Gasteiger partial charge on any atom is 0.268 e. The molecule has 2 rings (SSSR count). The summed E-state index contributed by atoms with van der Waals surface area (Å²) in [5.74, 6) is 0.426. The molecule has 0 spiro atoms. The summed E-state index contributed by atoms with van der Waals surface area (Å²) in [6, 6.07) is 0.290. The number of anilines is 2. The van der Waals surface area contributed by atoms with E-state index in [4.69, 9.17) is 5.73 Å². The Morgan fingerprint density at radius 2 is 2.24 bits per heavy atom. The molecular formula is C15H26N4OS. The van der Waals surface area contributed by atoms with E-state index in [1.807, 2.05) is 11.9 Å². The summed E-state index contributed by atoms with van der Waals surface area (Å²) in [5, 5.41) is 0.833. The minimum atomic E-state index is 0.0514. The minimum Gasteiger partial charge on any atom is -0.382 e. The SMILES string of the molecule is CCCN(C)c1nc(N)c(C(=O)N2CCCCCC2C)s1. The van der Waals surface area contributed by atoms with Gasteiger partial charge in [0, 0.05) is 26.2 Å². The summed E-state index contributed by atoms with van der Waals surface area (Å²) < 4.78 is 0. The van der Waals surface area contributed by atoms with E-state index >= 15 is 0 Å². The fourth-order valence-corrected chi connectivity index (χ4v) is 3.70. The third-order valence-electron chi connectivity index (χ3n) is 4.04. The molecule has 1 aliphatic rings. The highest BCUT2D eigenvalue weighted by Gasteiger charge is 2.27. The summed E-state index contributed by atoms with van der Waals surface area (Å²) in [6.07, 6.45) is 5.61. The molecule has 0 bridgehead atoms. The summed E-state index contributed by atoms with van der Waals surface area (Å²) in [6.45, 7) is 6.00. The number of thiazole rings is 1. The van der Waals surface area contributed by atoms with E-state index in [9.17, 15) is 4.79 Å². The van der Waals surface area contributed by atoms with Gasteiger partial charge >= 0.3 is 0 Å². The number of nitrogens with two attached hydrogens (primary N) is 1. The Morgan fingerprint density at radius 3 is 2.95 bits per heavy atom. The number of hydrogen-bond donors (Lipinski definition) is 1. The zero-order valence-electron chi connectivity index (χ0n) is 13.3. The fourth-order valence-electron chi connectivity index (χ4n) is 2.77. The number of likely N-dealkylation sites (tertiary alicyclic amines) is 1. The third-order valence-corrected chi connectivity index (χ3v) is 5.21. The molecule has 1 atom stereocenters. The van der Waals surface area contributed by atoms with Crippen molar-refractivity contribution in [2.24, 2.45) is 0 Å². The van der Waals surface area contributed by atoms with Gasteiger partial charge in [-0.15, -0.1) is 0 Å². The predicted molar refractivity (Wildman–Crippen MR) is 89.1 cm³/mol. The van der Waals surface area contributed by atoms with E-state index in [1.54, 1.807) is 0 Å². The second-order valence-electron chi connectivity index (χ2n) is 5.83. The van der Waals surface area contributed by atoms with Gasteiger partial charge in [-0.25, -0.2) is 4.98 Å². The van der Waals surface area contributed by atoms with E-state index in [2.05, 4.69) is 23.7 Å². The Bertz CT molecular complexity index is 488. The molecule has 1 aromatic heterocycles. The zero-order valence-corrected chi connectivity index (χ0v) is 14.1. The monoisotopic (exact) mass is 310 g/mol. The highest BCUT2D eigenvalue weighted by atomic mass is 32.1. The average Bonchev–Trinajstić information content (AvgIpc) is 2.71. The van der Waals surface area contributed by atoms with Crippen LogP contribution >= 0.6 is 11.3 Å². The lowest BCUT2D eigenvalue weighted by molar-refractivity contribution is 0.0703. The summed E-state index contributed by atoms with van der Waals surface area (Å²) in [5.41, 5.74) is 5.99. The van der Waals surface area contributed by atoms with Gasteiger partial charge in [-0.2, -0.15) is 0 Å². The Kier molecular flexibility index (Phi) is 5.45. The lowest BCUT2D eigenvalue weighted by Gasteiger charge is -2.26. The molecule has 1 fully saturated rings. The Labute approximate surface area is 131 Å². The first kappa shape index (κ1) is 16.1. The number of carbonyl (C=O) groups excluding carboxylic acids is 1. The highest BCUT2D eigenvalue weighted by Crippen LogP contribution is 2.30. The smallest absolute Gasteiger partial charge is 0.268 e. The van der Waals surface area contributed by atoms with Crippen LogP contribution in [0.2, 0.25) is 0 Å². The third kappa shape index (κ3) is 3.67. The van der Waals surface area contributed by atoms with Crippen LogP contribution in [0.15, 0.2) is 0 Å². The van der Waals surface area contributed by atoms with Gasteiger partial charge in [0.05, 0.1) is 0 Å².